The number of pyridine rings is 1. The van der Waals surface area contributed by atoms with Crippen molar-refractivity contribution < 1.29 is 14.3 Å². The Kier molecular flexibility index (Phi) is 4.66. The Balaban J connectivity index is 1.60. The third kappa shape index (κ3) is 3.45. The molecule has 5 nitrogen and oxygen atoms in total. The van der Waals surface area contributed by atoms with Gasteiger partial charge in [-0.25, -0.2) is 9.37 Å². The Morgan fingerprint density at radius 2 is 1.93 bits per heavy atom. The first kappa shape index (κ1) is 17.7. The Morgan fingerprint density at radius 1 is 1.22 bits per heavy atom. The van der Waals surface area contributed by atoms with Gasteiger partial charge in [0.25, 0.3) is 5.91 Å². The van der Waals surface area contributed by atoms with Crippen molar-refractivity contribution in [2.24, 2.45) is 0 Å². The van der Waals surface area contributed by atoms with Gasteiger partial charge in [0.05, 0.1) is 11.7 Å². The van der Waals surface area contributed by atoms with E-state index < -0.39 is 12.3 Å². The van der Waals surface area contributed by atoms with Crippen LogP contribution in [0.4, 0.5) is 4.39 Å². The summed E-state index contributed by atoms with van der Waals surface area (Å²) in [4.78, 5) is 18.9. The van der Waals surface area contributed by atoms with Gasteiger partial charge in [-0.2, -0.15) is 0 Å². The molecule has 1 N–H and O–H groups in total. The van der Waals surface area contributed by atoms with Gasteiger partial charge in [-0.1, -0.05) is 12.1 Å². The molecular weight excluding hydrogens is 345 g/mol. The summed E-state index contributed by atoms with van der Waals surface area (Å²) in [5.74, 6) is -0.0923. The number of alkyl halides is 1. The van der Waals surface area contributed by atoms with Gasteiger partial charge in [-0.15, -0.1) is 0 Å². The van der Waals surface area contributed by atoms with Crippen molar-refractivity contribution in [3.8, 4) is 5.69 Å². The highest BCUT2D eigenvalue weighted by molar-refractivity contribution is 5.97. The minimum atomic E-state index is -0.802. The summed E-state index contributed by atoms with van der Waals surface area (Å²) < 4.78 is 15.2. The number of hydrogen-bond acceptors (Lipinski definition) is 3. The third-order valence-corrected chi connectivity index (χ3v) is 5.14. The van der Waals surface area contributed by atoms with Crippen molar-refractivity contribution in [2.45, 2.75) is 32.0 Å². The summed E-state index contributed by atoms with van der Waals surface area (Å²) >= 11 is 0. The van der Waals surface area contributed by atoms with E-state index >= 15 is 0 Å². The van der Waals surface area contributed by atoms with Crippen molar-refractivity contribution in [3.05, 3.63) is 59.9 Å². The molecule has 27 heavy (non-hydrogen) atoms. The molecule has 0 radical (unpaired) electrons. The van der Waals surface area contributed by atoms with Gasteiger partial charge in [0, 0.05) is 36.6 Å². The van der Waals surface area contributed by atoms with Crippen molar-refractivity contribution in [1.82, 2.24) is 14.5 Å². The molecule has 1 saturated heterocycles. The summed E-state index contributed by atoms with van der Waals surface area (Å²) in [6.45, 7) is 2.64. The number of carbonyl (C=O) groups excluding carboxylic acids is 1. The van der Waals surface area contributed by atoms with Crippen LogP contribution >= 0.6 is 0 Å². The number of benzene rings is 1. The number of aliphatic hydroxyl groups excluding tert-OH is 1. The van der Waals surface area contributed by atoms with Gasteiger partial charge in [0.2, 0.25) is 0 Å². The second-order valence-electron chi connectivity index (χ2n) is 7.06. The van der Waals surface area contributed by atoms with Crippen LogP contribution in [0.25, 0.3) is 16.7 Å². The maximum atomic E-state index is 13.3. The number of fused-ring (bicyclic) bond motifs is 1. The number of likely N-dealkylation sites (tertiary alicyclic amines) is 1. The molecule has 0 aliphatic carbocycles. The molecule has 2 aromatic heterocycles. The van der Waals surface area contributed by atoms with Crippen LogP contribution < -0.4 is 0 Å². The van der Waals surface area contributed by atoms with Crippen LogP contribution in [0, 0.1) is 0 Å². The predicted octanol–water partition coefficient (Wildman–Crippen LogP) is 3.65. The SMILES string of the molecule is CC(O)c1ccc(-n2ccc3cc(C(=O)N4CCC(F)CC4)cnc32)cc1. The summed E-state index contributed by atoms with van der Waals surface area (Å²) in [6, 6.07) is 11.4. The summed E-state index contributed by atoms with van der Waals surface area (Å²) in [7, 11) is 0. The van der Waals surface area contributed by atoms with E-state index in [1.165, 1.54) is 0 Å². The largest absolute Gasteiger partial charge is 0.389 e. The zero-order chi connectivity index (χ0) is 19.0. The highest BCUT2D eigenvalue weighted by Gasteiger charge is 2.23. The van der Waals surface area contributed by atoms with Gasteiger partial charge in [-0.05, 0) is 49.6 Å². The maximum Gasteiger partial charge on any atom is 0.255 e. The van der Waals surface area contributed by atoms with Crippen molar-refractivity contribution >= 4 is 16.9 Å². The number of piperidine rings is 1. The molecule has 0 bridgehead atoms. The van der Waals surface area contributed by atoms with Crippen LogP contribution in [0.3, 0.4) is 0 Å². The number of carbonyl (C=O) groups is 1. The van der Waals surface area contributed by atoms with E-state index in [9.17, 15) is 14.3 Å². The first-order valence-electron chi connectivity index (χ1n) is 9.22. The molecule has 1 fully saturated rings. The normalized spacial score (nSPS) is 16.6. The van der Waals surface area contributed by atoms with Gasteiger partial charge in [0.1, 0.15) is 11.8 Å². The van der Waals surface area contributed by atoms with E-state index in [0.29, 0.717) is 31.5 Å². The van der Waals surface area contributed by atoms with Crippen LogP contribution in [0.5, 0.6) is 0 Å². The predicted molar refractivity (Wildman–Crippen MR) is 102 cm³/mol. The molecule has 1 aliphatic heterocycles. The second-order valence-corrected chi connectivity index (χ2v) is 7.06. The van der Waals surface area contributed by atoms with E-state index in [4.69, 9.17) is 0 Å². The number of aromatic nitrogens is 2. The molecule has 1 aromatic carbocycles. The zero-order valence-corrected chi connectivity index (χ0v) is 15.2. The smallest absolute Gasteiger partial charge is 0.255 e. The topological polar surface area (TPSA) is 58.4 Å². The highest BCUT2D eigenvalue weighted by atomic mass is 19.1. The molecule has 4 rings (SSSR count). The molecular formula is C21H22FN3O2. The Morgan fingerprint density at radius 3 is 2.59 bits per heavy atom. The first-order valence-corrected chi connectivity index (χ1v) is 9.22. The lowest BCUT2D eigenvalue weighted by Gasteiger charge is -2.28. The van der Waals surface area contributed by atoms with Gasteiger partial charge in [0.15, 0.2) is 0 Å². The lowest BCUT2D eigenvalue weighted by molar-refractivity contribution is 0.0666. The van der Waals surface area contributed by atoms with Crippen LogP contribution in [0.1, 0.15) is 41.8 Å². The molecule has 1 atom stereocenters. The molecule has 3 heterocycles. The van der Waals surface area contributed by atoms with Crippen LogP contribution in [0.2, 0.25) is 0 Å². The summed E-state index contributed by atoms with van der Waals surface area (Å²) in [5.41, 5.74) is 3.08. The number of hydrogen-bond donors (Lipinski definition) is 1. The van der Waals surface area contributed by atoms with E-state index in [0.717, 1.165) is 22.3 Å². The number of amides is 1. The highest BCUT2D eigenvalue weighted by Crippen LogP contribution is 2.23. The average Bonchev–Trinajstić information content (AvgIpc) is 3.11. The summed E-state index contributed by atoms with van der Waals surface area (Å²) in [6.07, 6.45) is 3.00. The number of rotatable bonds is 3. The van der Waals surface area contributed by atoms with Crippen LogP contribution in [0.15, 0.2) is 48.8 Å². The number of aliphatic hydroxyl groups is 1. The van der Waals surface area contributed by atoms with Gasteiger partial charge < -0.3 is 14.6 Å². The molecule has 1 amide bonds. The lowest BCUT2D eigenvalue weighted by atomic mass is 10.1. The van der Waals surface area contributed by atoms with Gasteiger partial charge in [-0.3, -0.25) is 4.79 Å². The fourth-order valence-corrected chi connectivity index (χ4v) is 3.50. The Bertz CT molecular complexity index is 957. The standard InChI is InChI=1S/C21H22FN3O2/c1-14(26)15-2-4-19(5-3-15)25-11-6-16-12-17(13-23-20(16)25)21(27)24-9-7-18(22)8-10-24/h2-6,11-14,18,26H,7-10H2,1H3. The Labute approximate surface area is 157 Å². The quantitative estimate of drug-likeness (QED) is 0.769. The minimum absolute atomic E-state index is 0.0923. The van der Waals surface area contributed by atoms with Crippen molar-refractivity contribution in [2.75, 3.05) is 13.1 Å². The second kappa shape index (κ2) is 7.12. The molecule has 3 aromatic rings. The van der Waals surface area contributed by atoms with E-state index in [-0.39, 0.29) is 5.91 Å². The molecule has 0 saturated carbocycles. The zero-order valence-electron chi connectivity index (χ0n) is 15.2. The Hall–Kier alpha value is -2.73. The van der Waals surface area contributed by atoms with E-state index in [1.807, 2.05) is 47.2 Å². The summed E-state index contributed by atoms with van der Waals surface area (Å²) in [5, 5.41) is 10.5. The lowest BCUT2D eigenvalue weighted by Crippen LogP contribution is -2.39. The van der Waals surface area contributed by atoms with Gasteiger partial charge >= 0.3 is 0 Å². The fourth-order valence-electron chi connectivity index (χ4n) is 3.50. The monoisotopic (exact) mass is 367 g/mol. The fraction of sp³-hybridized carbons (Fsp3) is 0.333. The van der Waals surface area contributed by atoms with E-state index in [2.05, 4.69) is 4.98 Å². The average molecular weight is 367 g/mol. The molecule has 1 unspecified atom stereocenters. The van der Waals surface area contributed by atoms with Crippen molar-refractivity contribution in [3.63, 3.8) is 0 Å². The minimum Gasteiger partial charge on any atom is -0.389 e. The van der Waals surface area contributed by atoms with Crippen LogP contribution in [-0.2, 0) is 0 Å². The molecule has 6 heteroatoms. The number of nitrogens with zero attached hydrogens (tertiary/aromatic N) is 3. The maximum absolute atomic E-state index is 13.3. The van der Waals surface area contributed by atoms with Crippen molar-refractivity contribution in [1.29, 1.82) is 0 Å². The molecule has 1 aliphatic rings. The van der Waals surface area contributed by atoms with E-state index in [1.54, 1.807) is 18.0 Å². The van der Waals surface area contributed by atoms with Crippen LogP contribution in [-0.4, -0.2) is 44.7 Å². The first-order chi connectivity index (χ1) is 13.0. The molecule has 140 valence electrons. The number of halogens is 1. The third-order valence-electron chi connectivity index (χ3n) is 5.14. The molecule has 0 spiro atoms.